The van der Waals surface area contributed by atoms with Crippen molar-refractivity contribution in [2.75, 3.05) is 5.32 Å². The fraction of sp³-hybridized carbons (Fsp3) is 0.400. The lowest BCUT2D eigenvalue weighted by Crippen LogP contribution is -2.28. The lowest BCUT2D eigenvalue weighted by molar-refractivity contribution is -0.286. The van der Waals surface area contributed by atoms with Gasteiger partial charge in [-0.25, -0.2) is 4.39 Å². The maximum absolute atomic E-state index is 15.1. The summed E-state index contributed by atoms with van der Waals surface area (Å²) in [5.41, 5.74) is 0.358. The summed E-state index contributed by atoms with van der Waals surface area (Å²) in [4.78, 5) is 13.2. The summed E-state index contributed by atoms with van der Waals surface area (Å²) in [6, 6.07) is 8.82. The minimum absolute atomic E-state index is 0. The molecule has 1 aromatic heterocycles. The van der Waals surface area contributed by atoms with E-state index in [9.17, 15) is 23.8 Å². The van der Waals surface area contributed by atoms with Gasteiger partial charge in [0.05, 0.1) is 23.2 Å². The first-order valence-corrected chi connectivity index (χ1v) is 11.2. The van der Waals surface area contributed by atoms with Crippen molar-refractivity contribution in [3.05, 3.63) is 53.5 Å². The zero-order valence-electron chi connectivity index (χ0n) is 19.4. The van der Waals surface area contributed by atoms with E-state index in [1.165, 1.54) is 30.3 Å². The van der Waals surface area contributed by atoms with Gasteiger partial charge in [-0.2, -0.15) is 0 Å². The second-order valence-corrected chi connectivity index (χ2v) is 10.1. The standard InChI is InChI=1S/C25H25F3N2O5.4H2/c1-23(2,3)20-9-13-8-16(15(26)11-17(13)30(20)12-21(31)32)29-22(33)24(6-7-24)14-4-5-18-19(10-14)35-25(27,28)34-18;;;;/h4-5,8-11,21,31-32H,6-7,12H2,1-3H3,(H,29,33);4*1H. The number of halogens is 3. The summed E-state index contributed by atoms with van der Waals surface area (Å²) < 4.78 is 52.4. The quantitative estimate of drug-likeness (QED) is 0.412. The lowest BCUT2D eigenvalue weighted by atomic mass is 9.92. The highest BCUT2D eigenvalue weighted by Crippen LogP contribution is 2.52. The van der Waals surface area contributed by atoms with E-state index in [1.54, 1.807) is 4.57 Å². The number of benzene rings is 2. The van der Waals surface area contributed by atoms with Gasteiger partial charge in [-0.1, -0.05) is 26.8 Å². The smallest absolute Gasteiger partial charge is 0.395 e. The molecule has 5 rings (SSSR count). The first kappa shape index (κ1) is 23.5. The third kappa shape index (κ3) is 4.10. The molecule has 1 saturated carbocycles. The van der Waals surface area contributed by atoms with Crippen LogP contribution in [-0.2, 0) is 22.2 Å². The van der Waals surface area contributed by atoms with Gasteiger partial charge in [0.1, 0.15) is 5.82 Å². The number of rotatable bonds is 5. The molecule has 1 aliphatic heterocycles. The van der Waals surface area contributed by atoms with Gasteiger partial charge in [-0.15, -0.1) is 8.78 Å². The van der Waals surface area contributed by atoms with Crippen molar-refractivity contribution in [1.82, 2.24) is 4.57 Å². The van der Waals surface area contributed by atoms with Crippen molar-refractivity contribution in [3.63, 3.8) is 0 Å². The Balaban J connectivity index is 0.00000190. The largest absolute Gasteiger partial charge is 0.586 e. The lowest BCUT2D eigenvalue weighted by Gasteiger charge is -2.22. The van der Waals surface area contributed by atoms with Crippen LogP contribution >= 0.6 is 0 Å². The molecule has 0 saturated heterocycles. The van der Waals surface area contributed by atoms with Crippen LogP contribution in [0.1, 0.15) is 50.6 Å². The Kier molecular flexibility index (Phi) is 5.12. The number of alkyl halides is 2. The third-order valence-electron chi connectivity index (χ3n) is 6.49. The highest BCUT2D eigenvalue weighted by atomic mass is 19.3. The van der Waals surface area contributed by atoms with Gasteiger partial charge >= 0.3 is 6.29 Å². The third-order valence-corrected chi connectivity index (χ3v) is 6.49. The second kappa shape index (κ2) is 7.63. The Hall–Kier alpha value is -3.24. The van der Waals surface area contributed by atoms with Gasteiger partial charge in [0.25, 0.3) is 0 Å². The first-order chi connectivity index (χ1) is 16.3. The Labute approximate surface area is 205 Å². The number of aromatic nitrogens is 1. The molecule has 2 aromatic carbocycles. The molecule has 1 amide bonds. The number of hydrogen-bond acceptors (Lipinski definition) is 5. The van der Waals surface area contributed by atoms with E-state index in [-0.39, 0.29) is 34.9 Å². The van der Waals surface area contributed by atoms with Crippen LogP contribution in [0.2, 0.25) is 0 Å². The predicted octanol–water partition coefficient (Wildman–Crippen LogP) is 5.36. The van der Waals surface area contributed by atoms with Crippen molar-refractivity contribution >= 4 is 22.5 Å². The molecule has 35 heavy (non-hydrogen) atoms. The number of carbonyl (C=O) groups is 1. The molecule has 10 heteroatoms. The molecule has 194 valence electrons. The Bertz CT molecular complexity index is 1360. The summed E-state index contributed by atoms with van der Waals surface area (Å²) in [6.45, 7) is 5.74. The molecule has 2 heterocycles. The van der Waals surface area contributed by atoms with Crippen molar-refractivity contribution in [1.29, 1.82) is 0 Å². The molecular formula is C25H33F3N2O5. The molecule has 0 atom stereocenters. The van der Waals surface area contributed by atoms with E-state index in [4.69, 9.17) is 0 Å². The number of hydrogen-bond donors (Lipinski definition) is 3. The van der Waals surface area contributed by atoms with E-state index in [1.807, 2.05) is 26.8 Å². The Morgan fingerprint density at radius 2 is 1.83 bits per heavy atom. The van der Waals surface area contributed by atoms with Gasteiger partial charge in [-0.3, -0.25) is 4.79 Å². The van der Waals surface area contributed by atoms with E-state index >= 15 is 4.39 Å². The van der Waals surface area contributed by atoms with Crippen LogP contribution in [-0.4, -0.2) is 33.3 Å². The number of nitrogens with one attached hydrogen (secondary N) is 1. The minimum atomic E-state index is -3.76. The van der Waals surface area contributed by atoms with Crippen LogP contribution < -0.4 is 14.8 Å². The molecule has 1 fully saturated rings. The summed E-state index contributed by atoms with van der Waals surface area (Å²) in [5.74, 6) is -1.40. The normalized spacial score (nSPS) is 17.7. The van der Waals surface area contributed by atoms with Crippen molar-refractivity contribution in [3.8, 4) is 11.5 Å². The van der Waals surface area contributed by atoms with Crippen molar-refractivity contribution < 1.29 is 43.4 Å². The molecular weight excluding hydrogens is 465 g/mol. The topological polar surface area (TPSA) is 93.0 Å². The second-order valence-electron chi connectivity index (χ2n) is 10.1. The van der Waals surface area contributed by atoms with E-state index in [0.29, 0.717) is 29.3 Å². The number of aliphatic hydroxyl groups is 2. The van der Waals surface area contributed by atoms with Crippen LogP contribution in [0.4, 0.5) is 18.9 Å². The average Bonchev–Trinajstić information content (AvgIpc) is 3.39. The van der Waals surface area contributed by atoms with Crippen molar-refractivity contribution in [2.45, 2.75) is 63.6 Å². The molecule has 0 spiro atoms. The molecule has 7 nitrogen and oxygen atoms in total. The minimum Gasteiger partial charge on any atom is -0.395 e. The van der Waals surface area contributed by atoms with Crippen LogP contribution in [0.15, 0.2) is 36.4 Å². The number of fused-ring (bicyclic) bond motifs is 2. The summed E-state index contributed by atoms with van der Waals surface area (Å²) >= 11 is 0. The number of amides is 1. The van der Waals surface area contributed by atoms with Crippen molar-refractivity contribution in [2.24, 2.45) is 0 Å². The molecule has 2 aliphatic rings. The van der Waals surface area contributed by atoms with E-state index < -0.39 is 29.7 Å². The summed E-state index contributed by atoms with van der Waals surface area (Å²) in [6.07, 6.45) is -4.44. The first-order valence-electron chi connectivity index (χ1n) is 11.2. The number of carbonyl (C=O) groups excluding carboxylic acids is 1. The summed E-state index contributed by atoms with van der Waals surface area (Å²) in [5, 5.41) is 22.3. The highest BCUT2D eigenvalue weighted by Gasteiger charge is 2.53. The number of aliphatic hydroxyl groups excluding tert-OH is 1. The van der Waals surface area contributed by atoms with E-state index in [0.717, 1.165) is 5.69 Å². The van der Waals surface area contributed by atoms with Gasteiger partial charge in [-0.05, 0) is 42.7 Å². The van der Waals surface area contributed by atoms with Crippen LogP contribution in [0.3, 0.4) is 0 Å². The SMILES string of the molecule is CC(C)(C)c1cc2cc(NC(=O)C3(c4ccc5c(c4)OC(F)(F)O5)CC3)c(F)cc2n1CC(O)O.[HH].[HH].[HH].[HH]. The molecule has 0 radical (unpaired) electrons. The zero-order valence-corrected chi connectivity index (χ0v) is 19.4. The fourth-order valence-corrected chi connectivity index (χ4v) is 4.62. The molecule has 1 aliphatic carbocycles. The monoisotopic (exact) mass is 498 g/mol. The van der Waals surface area contributed by atoms with Gasteiger partial charge < -0.3 is 29.6 Å². The van der Waals surface area contributed by atoms with Crippen LogP contribution in [0, 0.1) is 5.82 Å². The highest BCUT2D eigenvalue weighted by molar-refractivity contribution is 6.02. The van der Waals surface area contributed by atoms with Crippen LogP contribution in [0.5, 0.6) is 11.5 Å². The Morgan fingerprint density at radius 3 is 2.46 bits per heavy atom. The molecule has 3 N–H and O–H groups in total. The zero-order chi connectivity index (χ0) is 25.3. The van der Waals surface area contributed by atoms with Crippen LogP contribution in [0.25, 0.3) is 10.9 Å². The Morgan fingerprint density at radius 1 is 1.14 bits per heavy atom. The summed E-state index contributed by atoms with van der Waals surface area (Å²) in [7, 11) is 0. The molecule has 0 unspecified atom stereocenters. The fourth-order valence-electron chi connectivity index (χ4n) is 4.62. The van der Waals surface area contributed by atoms with Gasteiger partial charge in [0, 0.05) is 28.3 Å². The molecule has 3 aromatic rings. The number of anilines is 1. The van der Waals surface area contributed by atoms with Gasteiger partial charge in [0.15, 0.2) is 17.8 Å². The average molecular weight is 499 g/mol. The maximum atomic E-state index is 15.1. The maximum Gasteiger partial charge on any atom is 0.586 e. The van der Waals surface area contributed by atoms with Gasteiger partial charge in [0.2, 0.25) is 5.91 Å². The number of ether oxygens (including phenoxy) is 2. The molecule has 0 bridgehead atoms. The number of nitrogens with zero attached hydrogens (tertiary/aromatic N) is 1. The van der Waals surface area contributed by atoms with E-state index in [2.05, 4.69) is 14.8 Å². The predicted molar refractivity (Wildman–Crippen MR) is 129 cm³/mol.